The summed E-state index contributed by atoms with van der Waals surface area (Å²) in [5.41, 5.74) is 3.54. The predicted molar refractivity (Wildman–Crippen MR) is 68.9 cm³/mol. The van der Waals surface area contributed by atoms with Gasteiger partial charge in [0.1, 0.15) is 5.78 Å². The maximum absolute atomic E-state index is 11.3. The fraction of sp³-hybridized carbons (Fsp3) is 0.400. The highest BCUT2D eigenvalue weighted by atomic mass is 16.1. The fourth-order valence-electron chi connectivity index (χ4n) is 2.04. The number of Topliss-reactive ketones (excluding diaryl/α,β-unsaturated/α-hetero) is 1. The highest BCUT2D eigenvalue weighted by molar-refractivity contribution is 5.83. The summed E-state index contributed by atoms with van der Waals surface area (Å²) in [6.07, 6.45) is 3.03. The van der Waals surface area contributed by atoms with E-state index >= 15 is 0 Å². The third-order valence-corrected chi connectivity index (χ3v) is 3.00. The SMILES string of the molecule is CNCCC#Cc1ccc2c(c1)CCC(=O)C2. The molecule has 2 heteroatoms. The Morgan fingerprint density at radius 3 is 3.00 bits per heavy atom. The average Bonchev–Trinajstić information content (AvgIpc) is 2.35. The lowest BCUT2D eigenvalue weighted by molar-refractivity contribution is -0.118. The number of ketones is 1. The lowest BCUT2D eigenvalue weighted by Crippen LogP contribution is -2.13. The Bertz CT molecular complexity index is 479. The summed E-state index contributed by atoms with van der Waals surface area (Å²) in [5, 5.41) is 3.07. The number of carbonyl (C=O) groups is 1. The Balaban J connectivity index is 2.10. The second-order valence-electron chi connectivity index (χ2n) is 4.35. The van der Waals surface area contributed by atoms with E-state index in [1.807, 2.05) is 13.1 Å². The van der Waals surface area contributed by atoms with Gasteiger partial charge in [0.05, 0.1) is 0 Å². The van der Waals surface area contributed by atoms with Gasteiger partial charge in [0.25, 0.3) is 0 Å². The molecule has 0 aliphatic heterocycles. The van der Waals surface area contributed by atoms with Crippen molar-refractivity contribution >= 4 is 5.78 Å². The largest absolute Gasteiger partial charge is 0.319 e. The predicted octanol–water partition coefficient (Wildman–Crippen LogP) is 1.71. The molecule has 1 aliphatic rings. The molecular weight excluding hydrogens is 210 g/mol. The van der Waals surface area contributed by atoms with Gasteiger partial charge in [-0.1, -0.05) is 17.9 Å². The molecule has 0 aromatic heterocycles. The van der Waals surface area contributed by atoms with Gasteiger partial charge < -0.3 is 5.32 Å². The van der Waals surface area contributed by atoms with Crippen LogP contribution in [0.1, 0.15) is 29.5 Å². The van der Waals surface area contributed by atoms with E-state index in [4.69, 9.17) is 0 Å². The van der Waals surface area contributed by atoms with E-state index in [1.165, 1.54) is 11.1 Å². The highest BCUT2D eigenvalue weighted by Gasteiger charge is 2.14. The van der Waals surface area contributed by atoms with Crippen LogP contribution in [0.3, 0.4) is 0 Å². The molecule has 0 atom stereocenters. The lowest BCUT2D eigenvalue weighted by Gasteiger charge is -2.14. The van der Waals surface area contributed by atoms with Crippen molar-refractivity contribution in [3.8, 4) is 11.8 Å². The Labute approximate surface area is 102 Å². The van der Waals surface area contributed by atoms with E-state index in [0.29, 0.717) is 18.6 Å². The number of fused-ring (bicyclic) bond motifs is 1. The molecule has 0 saturated carbocycles. The second-order valence-corrected chi connectivity index (χ2v) is 4.35. The molecule has 0 radical (unpaired) electrons. The summed E-state index contributed by atoms with van der Waals surface area (Å²) in [5.74, 6) is 6.66. The summed E-state index contributed by atoms with van der Waals surface area (Å²) in [6.45, 7) is 0.923. The van der Waals surface area contributed by atoms with Crippen LogP contribution in [0, 0.1) is 11.8 Å². The lowest BCUT2D eigenvalue weighted by atomic mass is 9.90. The summed E-state index contributed by atoms with van der Waals surface area (Å²) in [6, 6.07) is 6.20. The first kappa shape index (κ1) is 11.9. The number of benzene rings is 1. The zero-order valence-electron chi connectivity index (χ0n) is 10.2. The number of hydrogen-bond donors (Lipinski definition) is 1. The standard InChI is InChI=1S/C15H17NO/c1-16-9-3-2-4-12-5-6-14-11-15(17)8-7-13(14)10-12/h5-6,10,16H,3,7-9,11H2,1H3. The minimum atomic E-state index is 0.352. The number of carbonyl (C=O) groups excluding carboxylic acids is 1. The van der Waals surface area contributed by atoms with E-state index in [9.17, 15) is 4.79 Å². The molecule has 1 N–H and O–H groups in total. The van der Waals surface area contributed by atoms with Gasteiger partial charge in [-0.05, 0) is 36.7 Å². The van der Waals surface area contributed by atoms with E-state index < -0.39 is 0 Å². The number of nitrogens with one attached hydrogen (secondary N) is 1. The van der Waals surface area contributed by atoms with Gasteiger partial charge in [-0.25, -0.2) is 0 Å². The van der Waals surface area contributed by atoms with Crippen molar-refractivity contribution in [3.05, 3.63) is 34.9 Å². The quantitative estimate of drug-likeness (QED) is 0.615. The topological polar surface area (TPSA) is 29.1 Å². The zero-order chi connectivity index (χ0) is 12.1. The average molecular weight is 227 g/mol. The van der Waals surface area contributed by atoms with Crippen molar-refractivity contribution in [2.45, 2.75) is 25.7 Å². The minimum Gasteiger partial charge on any atom is -0.319 e. The highest BCUT2D eigenvalue weighted by Crippen LogP contribution is 2.20. The molecule has 0 unspecified atom stereocenters. The third-order valence-electron chi connectivity index (χ3n) is 3.00. The Morgan fingerprint density at radius 2 is 2.18 bits per heavy atom. The van der Waals surface area contributed by atoms with Crippen molar-refractivity contribution < 1.29 is 4.79 Å². The first-order valence-electron chi connectivity index (χ1n) is 6.06. The number of hydrogen-bond acceptors (Lipinski definition) is 2. The van der Waals surface area contributed by atoms with Crippen molar-refractivity contribution in [2.24, 2.45) is 0 Å². The molecule has 1 aliphatic carbocycles. The van der Waals surface area contributed by atoms with E-state index in [0.717, 1.165) is 24.9 Å². The first-order valence-corrected chi connectivity index (χ1v) is 6.06. The van der Waals surface area contributed by atoms with Crippen molar-refractivity contribution in [1.82, 2.24) is 5.32 Å². The van der Waals surface area contributed by atoms with Crippen LogP contribution < -0.4 is 5.32 Å². The van der Waals surface area contributed by atoms with Crippen LogP contribution >= 0.6 is 0 Å². The van der Waals surface area contributed by atoms with Crippen LogP contribution in [0.15, 0.2) is 18.2 Å². The van der Waals surface area contributed by atoms with Crippen LogP contribution in [0.4, 0.5) is 0 Å². The maximum Gasteiger partial charge on any atom is 0.137 e. The van der Waals surface area contributed by atoms with Gasteiger partial charge in [-0.15, -0.1) is 0 Å². The van der Waals surface area contributed by atoms with E-state index in [-0.39, 0.29) is 0 Å². The van der Waals surface area contributed by atoms with Gasteiger partial charge in [0, 0.05) is 31.4 Å². The zero-order valence-corrected chi connectivity index (χ0v) is 10.2. The molecule has 2 rings (SSSR count). The van der Waals surface area contributed by atoms with Crippen molar-refractivity contribution in [1.29, 1.82) is 0 Å². The van der Waals surface area contributed by atoms with Crippen LogP contribution in [-0.4, -0.2) is 19.4 Å². The Morgan fingerprint density at radius 1 is 1.29 bits per heavy atom. The summed E-state index contributed by atoms with van der Waals surface area (Å²) in [4.78, 5) is 11.3. The molecule has 0 fully saturated rings. The van der Waals surface area contributed by atoms with Gasteiger partial charge in [-0.3, -0.25) is 4.79 Å². The Kier molecular flexibility index (Phi) is 3.95. The molecule has 1 aromatic rings. The molecule has 0 saturated heterocycles. The molecule has 0 amide bonds. The number of rotatable bonds is 2. The maximum atomic E-state index is 11.3. The molecule has 0 bridgehead atoms. The van der Waals surface area contributed by atoms with Crippen molar-refractivity contribution in [3.63, 3.8) is 0 Å². The summed E-state index contributed by atoms with van der Waals surface area (Å²) < 4.78 is 0. The van der Waals surface area contributed by atoms with Crippen LogP contribution in [0.5, 0.6) is 0 Å². The normalized spacial score (nSPS) is 13.8. The van der Waals surface area contributed by atoms with Gasteiger partial charge in [-0.2, -0.15) is 0 Å². The number of aryl methyl sites for hydroxylation is 1. The van der Waals surface area contributed by atoms with Gasteiger partial charge in [0.2, 0.25) is 0 Å². The van der Waals surface area contributed by atoms with Crippen LogP contribution in [0.25, 0.3) is 0 Å². The first-order chi connectivity index (χ1) is 8.29. The molecule has 88 valence electrons. The van der Waals surface area contributed by atoms with E-state index in [2.05, 4.69) is 29.3 Å². The monoisotopic (exact) mass is 227 g/mol. The van der Waals surface area contributed by atoms with E-state index in [1.54, 1.807) is 0 Å². The van der Waals surface area contributed by atoms with Gasteiger partial charge in [0.15, 0.2) is 0 Å². The molecule has 2 nitrogen and oxygen atoms in total. The summed E-state index contributed by atoms with van der Waals surface area (Å²) >= 11 is 0. The van der Waals surface area contributed by atoms with Crippen LogP contribution in [-0.2, 0) is 17.6 Å². The third kappa shape index (κ3) is 3.18. The molecule has 0 heterocycles. The van der Waals surface area contributed by atoms with Crippen molar-refractivity contribution in [2.75, 3.05) is 13.6 Å². The second kappa shape index (κ2) is 5.65. The molecule has 1 aromatic carbocycles. The van der Waals surface area contributed by atoms with Crippen LogP contribution in [0.2, 0.25) is 0 Å². The fourth-order valence-corrected chi connectivity index (χ4v) is 2.04. The van der Waals surface area contributed by atoms with Gasteiger partial charge >= 0.3 is 0 Å². The minimum absolute atomic E-state index is 0.352. The Hall–Kier alpha value is -1.59. The summed E-state index contributed by atoms with van der Waals surface area (Å²) in [7, 11) is 1.93. The smallest absolute Gasteiger partial charge is 0.137 e. The molecule has 0 spiro atoms. The molecule has 17 heavy (non-hydrogen) atoms. The molecular formula is C15H17NO.